The number of likely N-dealkylation sites (tertiary alicyclic amines) is 1. The molecule has 1 aromatic carbocycles. The summed E-state index contributed by atoms with van der Waals surface area (Å²) in [4.78, 5) is 15.1. The third kappa shape index (κ3) is 3.57. The lowest BCUT2D eigenvalue weighted by Gasteiger charge is -2.20. The van der Waals surface area contributed by atoms with Crippen LogP contribution in [0.2, 0.25) is 0 Å². The van der Waals surface area contributed by atoms with Crippen molar-refractivity contribution < 1.29 is 9.69 Å². The molecule has 1 aromatic heterocycles. The number of carbonyl (C=O) groups is 1. The zero-order valence-corrected chi connectivity index (χ0v) is 13.8. The molecule has 1 amide bonds. The molecule has 4 heteroatoms. The standard InChI is InChI=1S/C18H22N2OS/c1-14-6-2-3-7-15(14)12-19-18(21)13-20-10-4-8-16(20)17-9-5-11-22-17/h2-3,5-7,9,11,16H,4,8,10,12-13H2,1H3,(H,19,21)/p+1/t16-/m1/s1. The van der Waals surface area contributed by atoms with Gasteiger partial charge in [-0.1, -0.05) is 30.3 Å². The van der Waals surface area contributed by atoms with E-state index in [2.05, 4.69) is 41.9 Å². The Morgan fingerprint density at radius 3 is 2.95 bits per heavy atom. The highest BCUT2D eigenvalue weighted by molar-refractivity contribution is 7.10. The number of carbonyl (C=O) groups excluding carboxylic acids is 1. The number of amides is 1. The van der Waals surface area contributed by atoms with Gasteiger partial charge < -0.3 is 10.2 Å². The highest BCUT2D eigenvalue weighted by atomic mass is 32.1. The van der Waals surface area contributed by atoms with Crippen molar-refractivity contribution >= 4 is 17.2 Å². The van der Waals surface area contributed by atoms with Gasteiger partial charge in [-0.3, -0.25) is 4.79 Å². The fraction of sp³-hybridized carbons (Fsp3) is 0.389. The van der Waals surface area contributed by atoms with Gasteiger partial charge in [0.15, 0.2) is 6.54 Å². The molecule has 2 N–H and O–H groups in total. The first-order chi connectivity index (χ1) is 10.7. The minimum absolute atomic E-state index is 0.154. The second-order valence-corrected chi connectivity index (χ2v) is 6.98. The first-order valence-corrected chi connectivity index (χ1v) is 8.81. The molecule has 2 heterocycles. The van der Waals surface area contributed by atoms with Crippen molar-refractivity contribution in [2.45, 2.75) is 32.4 Å². The van der Waals surface area contributed by atoms with Gasteiger partial charge in [-0.15, -0.1) is 11.3 Å². The van der Waals surface area contributed by atoms with Crippen LogP contribution in [-0.4, -0.2) is 19.0 Å². The molecule has 116 valence electrons. The van der Waals surface area contributed by atoms with Crippen molar-refractivity contribution in [3.05, 3.63) is 57.8 Å². The average molecular weight is 315 g/mol. The van der Waals surface area contributed by atoms with Crippen LogP contribution in [0.5, 0.6) is 0 Å². The highest BCUT2D eigenvalue weighted by Crippen LogP contribution is 2.23. The van der Waals surface area contributed by atoms with E-state index in [-0.39, 0.29) is 5.91 Å². The molecule has 0 saturated carbocycles. The number of hydrogen-bond donors (Lipinski definition) is 2. The lowest BCUT2D eigenvalue weighted by atomic mass is 10.1. The van der Waals surface area contributed by atoms with Gasteiger partial charge in [0.2, 0.25) is 0 Å². The zero-order valence-electron chi connectivity index (χ0n) is 13.0. The first-order valence-electron chi connectivity index (χ1n) is 7.93. The van der Waals surface area contributed by atoms with Crippen molar-refractivity contribution in [3.63, 3.8) is 0 Å². The monoisotopic (exact) mass is 315 g/mol. The Morgan fingerprint density at radius 2 is 2.18 bits per heavy atom. The van der Waals surface area contributed by atoms with Crippen LogP contribution in [0.25, 0.3) is 0 Å². The van der Waals surface area contributed by atoms with E-state index in [0.29, 0.717) is 19.1 Å². The summed E-state index contributed by atoms with van der Waals surface area (Å²) in [6, 6.07) is 13.0. The molecule has 1 aliphatic rings. The Kier molecular flexibility index (Phi) is 4.90. The lowest BCUT2D eigenvalue weighted by Crippen LogP contribution is -3.11. The number of rotatable bonds is 5. The molecule has 1 aliphatic heterocycles. The van der Waals surface area contributed by atoms with Gasteiger partial charge >= 0.3 is 0 Å². The quantitative estimate of drug-likeness (QED) is 0.870. The molecule has 1 saturated heterocycles. The van der Waals surface area contributed by atoms with Crippen LogP contribution >= 0.6 is 11.3 Å². The number of quaternary nitrogens is 1. The molecule has 0 aliphatic carbocycles. The van der Waals surface area contributed by atoms with E-state index in [0.717, 1.165) is 6.54 Å². The summed E-state index contributed by atoms with van der Waals surface area (Å²) < 4.78 is 0. The van der Waals surface area contributed by atoms with Crippen LogP contribution in [0.1, 0.15) is 34.9 Å². The summed E-state index contributed by atoms with van der Waals surface area (Å²) in [6.07, 6.45) is 2.41. The maximum Gasteiger partial charge on any atom is 0.275 e. The number of nitrogens with one attached hydrogen (secondary N) is 2. The predicted molar refractivity (Wildman–Crippen MR) is 90.0 cm³/mol. The molecule has 2 aromatic rings. The van der Waals surface area contributed by atoms with Crippen LogP contribution in [0, 0.1) is 6.92 Å². The topological polar surface area (TPSA) is 33.5 Å². The normalized spacial score (nSPS) is 21.0. The van der Waals surface area contributed by atoms with E-state index in [9.17, 15) is 4.79 Å². The van der Waals surface area contributed by atoms with Gasteiger partial charge in [0.1, 0.15) is 6.04 Å². The Balaban J connectivity index is 1.54. The van der Waals surface area contributed by atoms with E-state index < -0.39 is 0 Å². The predicted octanol–water partition coefficient (Wildman–Crippen LogP) is 2.09. The molecule has 1 fully saturated rings. The first kappa shape index (κ1) is 15.3. The molecule has 0 radical (unpaired) electrons. The van der Waals surface area contributed by atoms with Crippen molar-refractivity contribution in [1.82, 2.24) is 5.32 Å². The minimum atomic E-state index is 0.154. The zero-order chi connectivity index (χ0) is 15.4. The van der Waals surface area contributed by atoms with Gasteiger partial charge in [0, 0.05) is 19.4 Å². The summed E-state index contributed by atoms with van der Waals surface area (Å²) in [5, 5.41) is 5.20. The van der Waals surface area contributed by atoms with Gasteiger partial charge in [0.25, 0.3) is 5.91 Å². The summed E-state index contributed by atoms with van der Waals surface area (Å²) in [6.45, 7) is 4.39. The third-order valence-corrected chi connectivity index (χ3v) is 5.48. The highest BCUT2D eigenvalue weighted by Gasteiger charge is 2.32. The van der Waals surface area contributed by atoms with Crippen LogP contribution in [0.4, 0.5) is 0 Å². The Morgan fingerprint density at radius 1 is 1.32 bits per heavy atom. The average Bonchev–Trinajstić information content (AvgIpc) is 3.17. The number of thiophene rings is 1. The van der Waals surface area contributed by atoms with Crippen LogP contribution in [0.15, 0.2) is 41.8 Å². The van der Waals surface area contributed by atoms with Gasteiger partial charge in [-0.2, -0.15) is 0 Å². The maximum atomic E-state index is 12.3. The van der Waals surface area contributed by atoms with Crippen LogP contribution in [0.3, 0.4) is 0 Å². The molecule has 3 rings (SSSR count). The Hall–Kier alpha value is -1.65. The smallest absolute Gasteiger partial charge is 0.275 e. The second kappa shape index (κ2) is 7.07. The van der Waals surface area contributed by atoms with Crippen molar-refractivity contribution in [3.8, 4) is 0 Å². The molecule has 22 heavy (non-hydrogen) atoms. The largest absolute Gasteiger partial charge is 0.347 e. The number of hydrogen-bond acceptors (Lipinski definition) is 2. The van der Waals surface area contributed by atoms with Crippen LogP contribution in [-0.2, 0) is 11.3 Å². The van der Waals surface area contributed by atoms with Gasteiger partial charge in [-0.05, 0) is 29.5 Å². The van der Waals surface area contributed by atoms with E-state index in [4.69, 9.17) is 0 Å². The number of benzene rings is 1. The maximum absolute atomic E-state index is 12.3. The summed E-state index contributed by atoms with van der Waals surface area (Å²) >= 11 is 1.81. The molecule has 0 spiro atoms. The van der Waals surface area contributed by atoms with E-state index >= 15 is 0 Å². The fourth-order valence-corrected chi connectivity index (χ4v) is 4.15. The Bertz CT molecular complexity index is 624. The fourth-order valence-electron chi connectivity index (χ4n) is 3.23. The summed E-state index contributed by atoms with van der Waals surface area (Å²) in [7, 11) is 0. The van der Waals surface area contributed by atoms with Crippen molar-refractivity contribution in [1.29, 1.82) is 0 Å². The van der Waals surface area contributed by atoms with Crippen LogP contribution < -0.4 is 10.2 Å². The molecular formula is C18H23N2OS+. The van der Waals surface area contributed by atoms with Crippen molar-refractivity contribution in [2.75, 3.05) is 13.1 Å². The third-order valence-electron chi connectivity index (χ3n) is 4.49. The van der Waals surface area contributed by atoms with Crippen molar-refractivity contribution in [2.24, 2.45) is 0 Å². The number of aryl methyl sites for hydroxylation is 1. The molecule has 3 nitrogen and oxygen atoms in total. The SMILES string of the molecule is Cc1ccccc1CNC(=O)C[NH+]1CCC[C@@H]1c1cccs1. The van der Waals surface area contributed by atoms with E-state index in [1.54, 1.807) is 0 Å². The second-order valence-electron chi connectivity index (χ2n) is 6.00. The van der Waals surface area contributed by atoms with Gasteiger partial charge in [0.05, 0.1) is 11.4 Å². The summed E-state index contributed by atoms with van der Waals surface area (Å²) in [5.41, 5.74) is 2.43. The van der Waals surface area contributed by atoms with E-state index in [1.807, 2.05) is 23.5 Å². The Labute approximate surface area is 136 Å². The molecule has 1 unspecified atom stereocenters. The minimum Gasteiger partial charge on any atom is -0.347 e. The molecular weight excluding hydrogens is 292 g/mol. The molecule has 0 bridgehead atoms. The van der Waals surface area contributed by atoms with Gasteiger partial charge in [-0.25, -0.2) is 0 Å². The lowest BCUT2D eigenvalue weighted by molar-refractivity contribution is -0.910. The molecule has 2 atom stereocenters. The summed E-state index contributed by atoms with van der Waals surface area (Å²) in [5.74, 6) is 0.154. The van der Waals surface area contributed by atoms with E-state index in [1.165, 1.54) is 33.7 Å².